The fourth-order valence-electron chi connectivity index (χ4n) is 2.57. The van der Waals surface area contributed by atoms with Gasteiger partial charge in [-0.3, -0.25) is 0 Å². The number of hydrogen-bond donors (Lipinski definition) is 3. The number of phenolic OH excluding ortho intramolecular Hbond substituents is 1. The van der Waals surface area contributed by atoms with Crippen molar-refractivity contribution in [1.29, 1.82) is 0 Å². The van der Waals surface area contributed by atoms with E-state index in [4.69, 9.17) is 14.2 Å². The number of anilines is 1. The van der Waals surface area contributed by atoms with Gasteiger partial charge in [0.2, 0.25) is 0 Å². The van der Waals surface area contributed by atoms with Crippen LogP contribution in [0.2, 0.25) is 0 Å². The van der Waals surface area contributed by atoms with E-state index in [1.165, 1.54) is 19.2 Å². The molecule has 2 aromatic rings. The second-order valence-corrected chi connectivity index (χ2v) is 7.68. The average Bonchev–Trinajstić information content (AvgIpc) is 3.00. The van der Waals surface area contributed by atoms with Crippen LogP contribution < -0.4 is 10.1 Å². The van der Waals surface area contributed by atoms with Crippen LogP contribution in [-0.2, 0) is 9.47 Å². The van der Waals surface area contributed by atoms with E-state index in [0.717, 1.165) is 11.3 Å². The highest BCUT2D eigenvalue weighted by atomic mass is 79.9. The van der Waals surface area contributed by atoms with Gasteiger partial charge in [-0.1, -0.05) is 0 Å². The Morgan fingerprint density at radius 1 is 1.21 bits per heavy atom. The second-order valence-electron chi connectivity index (χ2n) is 5.80. The molecule has 0 fully saturated rings. The van der Waals surface area contributed by atoms with Gasteiger partial charge in [-0.25, -0.2) is 9.59 Å². The van der Waals surface area contributed by atoms with Crippen molar-refractivity contribution in [3.8, 4) is 11.5 Å². The number of nitrogens with one attached hydrogen (secondary N) is 1. The number of phenols is 1. The number of hydrogen-bond acceptors (Lipinski definition) is 9. The van der Waals surface area contributed by atoms with Crippen molar-refractivity contribution in [3.05, 3.63) is 38.2 Å². The summed E-state index contributed by atoms with van der Waals surface area (Å²) >= 11 is 4.19. The first-order valence-corrected chi connectivity index (χ1v) is 10.3. The van der Waals surface area contributed by atoms with Gasteiger partial charge in [-0.2, -0.15) is 0 Å². The maximum absolute atomic E-state index is 12.4. The average molecular weight is 488 g/mol. The molecule has 10 heteroatoms. The molecule has 0 bridgehead atoms. The minimum atomic E-state index is -1.26. The number of aromatic hydroxyl groups is 1. The third kappa shape index (κ3) is 5.01. The van der Waals surface area contributed by atoms with Gasteiger partial charge >= 0.3 is 11.9 Å². The third-order valence-corrected chi connectivity index (χ3v) is 5.75. The summed E-state index contributed by atoms with van der Waals surface area (Å²) in [6.45, 7) is 5.33. The number of thiophene rings is 1. The smallest absolute Gasteiger partial charge is 0.348 e. The van der Waals surface area contributed by atoms with Gasteiger partial charge < -0.3 is 29.7 Å². The Hall–Kier alpha value is -2.30. The SMILES string of the molecule is CCOC(=O)c1sc(N[C@H](O)c2cc(Br)c(O)c(OC)c2)c(C(=O)OCC)c1C. The maximum Gasteiger partial charge on any atom is 0.348 e. The van der Waals surface area contributed by atoms with Crippen LogP contribution >= 0.6 is 27.3 Å². The fraction of sp³-hybridized carbons (Fsp3) is 0.368. The molecular weight excluding hydrogens is 466 g/mol. The number of esters is 2. The summed E-state index contributed by atoms with van der Waals surface area (Å²) in [4.78, 5) is 24.9. The zero-order chi connectivity index (χ0) is 21.7. The van der Waals surface area contributed by atoms with E-state index in [-0.39, 0.29) is 40.2 Å². The summed E-state index contributed by atoms with van der Waals surface area (Å²) < 4.78 is 15.6. The normalized spacial score (nSPS) is 11.7. The topological polar surface area (TPSA) is 114 Å². The second kappa shape index (κ2) is 9.95. The first kappa shape index (κ1) is 23.0. The van der Waals surface area contributed by atoms with Crippen molar-refractivity contribution in [2.45, 2.75) is 27.0 Å². The Morgan fingerprint density at radius 3 is 2.41 bits per heavy atom. The highest BCUT2D eigenvalue weighted by Crippen LogP contribution is 2.39. The van der Waals surface area contributed by atoms with Crippen molar-refractivity contribution in [2.75, 3.05) is 25.6 Å². The van der Waals surface area contributed by atoms with Gasteiger partial charge in [0.05, 0.1) is 30.4 Å². The van der Waals surface area contributed by atoms with E-state index < -0.39 is 18.2 Å². The number of rotatable bonds is 8. The fourth-order valence-corrected chi connectivity index (χ4v) is 4.14. The number of carbonyl (C=O) groups excluding carboxylic acids is 2. The van der Waals surface area contributed by atoms with Crippen molar-refractivity contribution in [3.63, 3.8) is 0 Å². The van der Waals surface area contributed by atoms with Gasteiger partial charge in [0, 0.05) is 5.56 Å². The molecule has 1 atom stereocenters. The number of ether oxygens (including phenoxy) is 3. The lowest BCUT2D eigenvalue weighted by Crippen LogP contribution is -2.13. The monoisotopic (exact) mass is 487 g/mol. The molecule has 8 nitrogen and oxygen atoms in total. The Labute approximate surface area is 180 Å². The molecule has 0 amide bonds. The number of halogens is 1. The molecule has 1 aromatic carbocycles. The zero-order valence-electron chi connectivity index (χ0n) is 16.4. The predicted molar refractivity (Wildman–Crippen MR) is 112 cm³/mol. The van der Waals surface area contributed by atoms with Crippen LogP contribution in [0.5, 0.6) is 11.5 Å². The summed E-state index contributed by atoms with van der Waals surface area (Å²) in [5.41, 5.74) is 0.930. The molecule has 0 aliphatic rings. The standard InChI is InChI=1S/C19H22BrNO7S/c1-5-27-18(24)13-9(3)15(19(25)28-6-2)29-17(13)21-16(23)10-7-11(20)14(22)12(8-10)26-4/h7-8,16,21-23H,5-6H2,1-4H3/t16-/m1/s1. The van der Waals surface area contributed by atoms with Gasteiger partial charge in [0.1, 0.15) is 9.88 Å². The first-order valence-electron chi connectivity index (χ1n) is 8.73. The quantitative estimate of drug-likeness (QED) is 0.378. The predicted octanol–water partition coefficient (Wildman–Crippen LogP) is 3.99. The van der Waals surface area contributed by atoms with E-state index in [2.05, 4.69) is 21.2 Å². The van der Waals surface area contributed by atoms with Crippen LogP contribution in [-0.4, -0.2) is 42.5 Å². The molecule has 3 N–H and O–H groups in total. The van der Waals surface area contributed by atoms with Gasteiger partial charge in [-0.15, -0.1) is 11.3 Å². The summed E-state index contributed by atoms with van der Waals surface area (Å²) in [5, 5.41) is 23.7. The van der Waals surface area contributed by atoms with E-state index in [9.17, 15) is 19.8 Å². The lowest BCUT2D eigenvalue weighted by molar-refractivity contribution is 0.0527. The lowest BCUT2D eigenvalue weighted by atomic mass is 10.1. The molecular formula is C19H22BrNO7S. The summed E-state index contributed by atoms with van der Waals surface area (Å²) in [7, 11) is 1.39. The Bertz CT molecular complexity index is 912. The van der Waals surface area contributed by atoms with Crippen molar-refractivity contribution >= 4 is 44.2 Å². The Morgan fingerprint density at radius 2 is 1.83 bits per heavy atom. The van der Waals surface area contributed by atoms with Crippen LogP contribution in [0.15, 0.2) is 16.6 Å². The molecule has 29 heavy (non-hydrogen) atoms. The molecule has 0 aliphatic heterocycles. The first-order chi connectivity index (χ1) is 13.7. The van der Waals surface area contributed by atoms with Crippen molar-refractivity contribution in [1.82, 2.24) is 0 Å². The molecule has 0 saturated carbocycles. The van der Waals surface area contributed by atoms with Crippen LogP contribution in [0.25, 0.3) is 0 Å². The number of methoxy groups -OCH3 is 1. The number of aliphatic hydroxyl groups excluding tert-OH is 1. The van der Waals surface area contributed by atoms with Crippen LogP contribution in [0.4, 0.5) is 5.00 Å². The van der Waals surface area contributed by atoms with Crippen molar-refractivity contribution in [2.24, 2.45) is 0 Å². The number of aliphatic hydroxyl groups is 1. The van der Waals surface area contributed by atoms with E-state index in [1.807, 2.05) is 0 Å². The van der Waals surface area contributed by atoms with Gasteiger partial charge in [0.25, 0.3) is 0 Å². The molecule has 0 radical (unpaired) electrons. The Balaban J connectivity index is 2.45. The molecule has 0 spiro atoms. The molecule has 158 valence electrons. The van der Waals surface area contributed by atoms with Crippen LogP contribution in [0, 0.1) is 6.92 Å². The summed E-state index contributed by atoms with van der Waals surface area (Å²) in [6, 6.07) is 2.96. The molecule has 1 heterocycles. The van der Waals surface area contributed by atoms with Crippen molar-refractivity contribution < 1.29 is 34.0 Å². The summed E-state index contributed by atoms with van der Waals surface area (Å²) in [5.74, 6) is -1.12. The third-order valence-electron chi connectivity index (χ3n) is 3.94. The molecule has 0 aliphatic carbocycles. The molecule has 2 rings (SSSR count). The van der Waals surface area contributed by atoms with E-state index in [1.54, 1.807) is 20.8 Å². The Kier molecular flexibility index (Phi) is 7.88. The summed E-state index contributed by atoms with van der Waals surface area (Å²) in [6.07, 6.45) is -1.26. The van der Waals surface area contributed by atoms with E-state index >= 15 is 0 Å². The number of carbonyl (C=O) groups is 2. The minimum Gasteiger partial charge on any atom is -0.503 e. The highest BCUT2D eigenvalue weighted by Gasteiger charge is 2.28. The molecule has 1 aromatic heterocycles. The van der Waals surface area contributed by atoms with E-state index in [0.29, 0.717) is 15.6 Å². The maximum atomic E-state index is 12.4. The zero-order valence-corrected chi connectivity index (χ0v) is 18.8. The number of benzene rings is 1. The van der Waals surface area contributed by atoms with Gasteiger partial charge in [0.15, 0.2) is 17.7 Å². The highest BCUT2D eigenvalue weighted by molar-refractivity contribution is 9.10. The van der Waals surface area contributed by atoms with Crippen LogP contribution in [0.3, 0.4) is 0 Å². The molecule has 0 unspecified atom stereocenters. The molecule has 0 saturated heterocycles. The largest absolute Gasteiger partial charge is 0.503 e. The minimum absolute atomic E-state index is 0.104. The lowest BCUT2D eigenvalue weighted by Gasteiger charge is -2.16. The van der Waals surface area contributed by atoms with Crippen LogP contribution in [0.1, 0.15) is 51.2 Å². The van der Waals surface area contributed by atoms with Gasteiger partial charge in [-0.05, 0) is 54.4 Å².